The number of piperidine rings is 1. The number of nitrogens with zero attached hydrogens (tertiary/aromatic N) is 1. The van der Waals surface area contributed by atoms with Gasteiger partial charge in [0.05, 0.1) is 0 Å². The third-order valence-electron chi connectivity index (χ3n) is 4.59. The highest BCUT2D eigenvalue weighted by molar-refractivity contribution is 4.96. The van der Waals surface area contributed by atoms with E-state index in [9.17, 15) is 0 Å². The molecule has 2 heteroatoms. The second-order valence-electron chi connectivity index (χ2n) is 6.05. The Morgan fingerprint density at radius 3 is 2.44 bits per heavy atom. The van der Waals surface area contributed by atoms with E-state index in [4.69, 9.17) is 5.73 Å². The molecule has 1 saturated carbocycles. The van der Waals surface area contributed by atoms with Crippen molar-refractivity contribution in [2.75, 3.05) is 26.2 Å². The average Bonchev–Trinajstić information content (AvgIpc) is 3.02. The van der Waals surface area contributed by atoms with Crippen molar-refractivity contribution in [3.8, 4) is 0 Å². The molecule has 0 aromatic carbocycles. The molecule has 0 unspecified atom stereocenters. The fourth-order valence-electron chi connectivity index (χ4n) is 3.29. The maximum Gasteiger partial charge on any atom is 0.00385 e. The van der Waals surface area contributed by atoms with Crippen molar-refractivity contribution in [1.82, 2.24) is 4.90 Å². The van der Waals surface area contributed by atoms with Gasteiger partial charge >= 0.3 is 0 Å². The van der Waals surface area contributed by atoms with Crippen LogP contribution in [0.15, 0.2) is 0 Å². The number of nitrogens with two attached hydrogens (primary N) is 1. The lowest BCUT2D eigenvalue weighted by molar-refractivity contribution is 0.146. The third kappa shape index (κ3) is 3.21. The molecule has 1 aliphatic carbocycles. The van der Waals surface area contributed by atoms with Crippen molar-refractivity contribution in [2.24, 2.45) is 17.1 Å². The molecular formula is C14H28N2. The van der Waals surface area contributed by atoms with Gasteiger partial charge in [-0.05, 0) is 63.1 Å². The predicted molar refractivity (Wildman–Crippen MR) is 69.4 cm³/mol. The average molecular weight is 224 g/mol. The zero-order valence-corrected chi connectivity index (χ0v) is 10.9. The van der Waals surface area contributed by atoms with Crippen molar-refractivity contribution in [2.45, 2.75) is 51.9 Å². The molecule has 2 rings (SSSR count). The Hall–Kier alpha value is -0.0800. The first-order valence-electron chi connectivity index (χ1n) is 7.20. The summed E-state index contributed by atoms with van der Waals surface area (Å²) in [5.74, 6) is 1.02. The van der Waals surface area contributed by atoms with Crippen molar-refractivity contribution in [3.05, 3.63) is 0 Å². The fourth-order valence-corrected chi connectivity index (χ4v) is 3.29. The maximum absolute atomic E-state index is 5.70. The van der Waals surface area contributed by atoms with E-state index in [2.05, 4.69) is 11.8 Å². The van der Waals surface area contributed by atoms with E-state index in [0.29, 0.717) is 5.41 Å². The van der Waals surface area contributed by atoms with Gasteiger partial charge in [0, 0.05) is 6.54 Å². The minimum atomic E-state index is 0.645. The first-order valence-corrected chi connectivity index (χ1v) is 7.20. The molecule has 2 N–H and O–H groups in total. The lowest BCUT2D eigenvalue weighted by atomic mass is 9.91. The molecule has 0 spiro atoms. The smallest absolute Gasteiger partial charge is 0.00385 e. The van der Waals surface area contributed by atoms with E-state index < -0.39 is 0 Å². The summed E-state index contributed by atoms with van der Waals surface area (Å²) < 4.78 is 0. The van der Waals surface area contributed by atoms with Gasteiger partial charge in [-0.15, -0.1) is 0 Å². The van der Waals surface area contributed by atoms with Crippen LogP contribution in [0.5, 0.6) is 0 Å². The second-order valence-corrected chi connectivity index (χ2v) is 6.05. The Balaban J connectivity index is 1.69. The molecule has 2 aliphatic rings. The molecule has 1 heterocycles. The zero-order valence-electron chi connectivity index (χ0n) is 10.9. The standard InChI is InChI=1S/C14H28N2/c1-2-3-13-4-10-16(11-5-13)12-14(6-7-14)8-9-15/h13H,2-12,15H2,1H3. The Kier molecular flexibility index (Phi) is 4.26. The van der Waals surface area contributed by atoms with Gasteiger partial charge < -0.3 is 10.6 Å². The summed E-state index contributed by atoms with van der Waals surface area (Å²) in [6, 6.07) is 0. The lowest BCUT2D eigenvalue weighted by Gasteiger charge is -2.34. The Bertz CT molecular complexity index is 203. The normalized spacial score (nSPS) is 25.9. The molecule has 1 saturated heterocycles. The van der Waals surface area contributed by atoms with Crippen LogP contribution in [0.25, 0.3) is 0 Å². The molecule has 2 fully saturated rings. The third-order valence-corrected chi connectivity index (χ3v) is 4.59. The number of hydrogen-bond donors (Lipinski definition) is 1. The zero-order chi connectivity index (χ0) is 11.4. The lowest BCUT2D eigenvalue weighted by Crippen LogP contribution is -2.38. The molecule has 0 atom stereocenters. The summed E-state index contributed by atoms with van der Waals surface area (Å²) in [6.07, 6.45) is 9.79. The highest BCUT2D eigenvalue weighted by atomic mass is 15.1. The highest BCUT2D eigenvalue weighted by Crippen LogP contribution is 2.49. The van der Waals surface area contributed by atoms with Crippen LogP contribution in [0.1, 0.15) is 51.9 Å². The molecule has 94 valence electrons. The van der Waals surface area contributed by atoms with Crippen molar-refractivity contribution >= 4 is 0 Å². The first-order chi connectivity index (χ1) is 7.78. The van der Waals surface area contributed by atoms with Crippen molar-refractivity contribution < 1.29 is 0 Å². The van der Waals surface area contributed by atoms with Crippen LogP contribution in [0, 0.1) is 11.3 Å². The number of hydrogen-bond acceptors (Lipinski definition) is 2. The van der Waals surface area contributed by atoms with Crippen LogP contribution in [-0.2, 0) is 0 Å². The Morgan fingerprint density at radius 2 is 1.94 bits per heavy atom. The molecule has 16 heavy (non-hydrogen) atoms. The maximum atomic E-state index is 5.70. The monoisotopic (exact) mass is 224 g/mol. The van der Waals surface area contributed by atoms with Gasteiger partial charge in [-0.25, -0.2) is 0 Å². The minimum absolute atomic E-state index is 0.645. The van der Waals surface area contributed by atoms with E-state index in [0.717, 1.165) is 12.5 Å². The van der Waals surface area contributed by atoms with E-state index in [1.54, 1.807) is 0 Å². The summed E-state index contributed by atoms with van der Waals surface area (Å²) in [7, 11) is 0. The van der Waals surface area contributed by atoms with Crippen LogP contribution >= 0.6 is 0 Å². The van der Waals surface area contributed by atoms with Crippen LogP contribution in [-0.4, -0.2) is 31.1 Å². The largest absolute Gasteiger partial charge is 0.330 e. The van der Waals surface area contributed by atoms with Gasteiger partial charge in [0.15, 0.2) is 0 Å². The summed E-state index contributed by atoms with van der Waals surface area (Å²) in [5.41, 5.74) is 6.35. The molecule has 0 bridgehead atoms. The van der Waals surface area contributed by atoms with Gasteiger partial charge in [-0.3, -0.25) is 0 Å². The molecule has 0 aromatic rings. The van der Waals surface area contributed by atoms with Crippen LogP contribution < -0.4 is 5.73 Å². The highest BCUT2D eigenvalue weighted by Gasteiger charge is 2.43. The molecule has 0 amide bonds. The molecular weight excluding hydrogens is 196 g/mol. The number of rotatable bonds is 6. The van der Waals surface area contributed by atoms with Gasteiger partial charge in [0.2, 0.25) is 0 Å². The van der Waals surface area contributed by atoms with Crippen LogP contribution in [0.4, 0.5) is 0 Å². The summed E-state index contributed by atoms with van der Waals surface area (Å²) >= 11 is 0. The number of likely N-dealkylation sites (tertiary alicyclic amines) is 1. The Labute approximate surface area is 101 Å². The molecule has 1 aliphatic heterocycles. The SMILES string of the molecule is CCCC1CCN(CC2(CCN)CC2)CC1. The summed E-state index contributed by atoms with van der Waals surface area (Å²) in [4.78, 5) is 2.70. The van der Waals surface area contributed by atoms with Crippen LogP contribution in [0.3, 0.4) is 0 Å². The van der Waals surface area contributed by atoms with E-state index >= 15 is 0 Å². The summed E-state index contributed by atoms with van der Waals surface area (Å²) in [5, 5.41) is 0. The van der Waals surface area contributed by atoms with E-state index in [-0.39, 0.29) is 0 Å². The van der Waals surface area contributed by atoms with Gasteiger partial charge in [0.1, 0.15) is 0 Å². The fraction of sp³-hybridized carbons (Fsp3) is 1.00. The minimum Gasteiger partial charge on any atom is -0.330 e. The second kappa shape index (κ2) is 5.50. The predicted octanol–water partition coefficient (Wildman–Crippen LogP) is 2.63. The van der Waals surface area contributed by atoms with Crippen molar-refractivity contribution in [3.63, 3.8) is 0 Å². The Morgan fingerprint density at radius 1 is 1.25 bits per heavy atom. The van der Waals surface area contributed by atoms with E-state index in [1.807, 2.05) is 0 Å². The van der Waals surface area contributed by atoms with Gasteiger partial charge in [0.25, 0.3) is 0 Å². The first kappa shape index (κ1) is 12.4. The van der Waals surface area contributed by atoms with Gasteiger partial charge in [-0.2, -0.15) is 0 Å². The topological polar surface area (TPSA) is 29.3 Å². The van der Waals surface area contributed by atoms with E-state index in [1.165, 1.54) is 64.6 Å². The quantitative estimate of drug-likeness (QED) is 0.751. The van der Waals surface area contributed by atoms with Crippen molar-refractivity contribution in [1.29, 1.82) is 0 Å². The molecule has 0 radical (unpaired) electrons. The molecule has 0 aromatic heterocycles. The van der Waals surface area contributed by atoms with Crippen LogP contribution in [0.2, 0.25) is 0 Å². The van der Waals surface area contributed by atoms with Gasteiger partial charge in [-0.1, -0.05) is 19.8 Å². The molecule has 2 nitrogen and oxygen atoms in total. The summed E-state index contributed by atoms with van der Waals surface area (Å²) in [6.45, 7) is 7.22.